The second-order valence-electron chi connectivity index (χ2n) is 5.89. The van der Waals surface area contributed by atoms with E-state index >= 15 is 0 Å². The largest absolute Gasteiger partial charge is 0.356 e. The first-order valence-electron chi connectivity index (χ1n) is 6.18. The molecular formula is C14H25N3. The second-order valence-corrected chi connectivity index (χ2v) is 5.89. The zero-order valence-electron chi connectivity index (χ0n) is 11.9. The fraction of sp³-hybridized carbons (Fsp3) is 0.643. The minimum Gasteiger partial charge on any atom is -0.356 e. The molecule has 0 aliphatic heterocycles. The topological polar surface area (TPSA) is 42.1 Å². The molecule has 0 spiro atoms. The molecule has 0 fully saturated rings. The molecule has 1 heterocycles. The Morgan fingerprint density at radius 2 is 1.82 bits per heavy atom. The van der Waals surface area contributed by atoms with Gasteiger partial charge in [0.1, 0.15) is 5.82 Å². The smallest absolute Gasteiger partial charge is 0.128 e. The maximum atomic E-state index is 5.82. The van der Waals surface area contributed by atoms with Crippen molar-refractivity contribution >= 4 is 5.82 Å². The van der Waals surface area contributed by atoms with Gasteiger partial charge in [-0.1, -0.05) is 26.8 Å². The van der Waals surface area contributed by atoms with Gasteiger partial charge in [-0.25, -0.2) is 4.98 Å². The summed E-state index contributed by atoms with van der Waals surface area (Å²) in [4.78, 5) is 6.69. The van der Waals surface area contributed by atoms with Crippen LogP contribution in [0.25, 0.3) is 0 Å². The average Bonchev–Trinajstić information content (AvgIpc) is 2.26. The summed E-state index contributed by atoms with van der Waals surface area (Å²) < 4.78 is 0. The molecule has 0 bridgehead atoms. The minimum atomic E-state index is 0.0434. The molecule has 1 aromatic heterocycles. The van der Waals surface area contributed by atoms with Gasteiger partial charge in [-0.2, -0.15) is 0 Å². The second kappa shape index (κ2) is 5.05. The molecule has 0 amide bonds. The molecule has 0 aliphatic carbocycles. The molecule has 3 heteroatoms. The Morgan fingerprint density at radius 3 is 2.18 bits per heavy atom. The highest BCUT2D eigenvalue weighted by molar-refractivity contribution is 5.40. The fourth-order valence-electron chi connectivity index (χ4n) is 1.65. The van der Waals surface area contributed by atoms with Crippen molar-refractivity contribution < 1.29 is 0 Å². The Balaban J connectivity index is 2.87. The molecular weight excluding hydrogens is 210 g/mol. The lowest BCUT2D eigenvalue weighted by Crippen LogP contribution is -2.39. The Kier molecular flexibility index (Phi) is 4.15. The summed E-state index contributed by atoms with van der Waals surface area (Å²) in [7, 11) is 2.09. The van der Waals surface area contributed by atoms with Crippen LogP contribution in [0.3, 0.4) is 0 Å². The van der Waals surface area contributed by atoms with Crippen molar-refractivity contribution in [3.8, 4) is 0 Å². The van der Waals surface area contributed by atoms with E-state index in [2.05, 4.69) is 50.7 Å². The summed E-state index contributed by atoms with van der Waals surface area (Å²) in [6.45, 7) is 10.9. The third-order valence-electron chi connectivity index (χ3n) is 3.49. The number of nitrogens with two attached hydrogens (primary N) is 1. The Labute approximate surface area is 105 Å². The summed E-state index contributed by atoms with van der Waals surface area (Å²) in [6.07, 6.45) is 1.87. The lowest BCUT2D eigenvalue weighted by Gasteiger charge is -2.36. The van der Waals surface area contributed by atoms with Crippen LogP contribution in [-0.2, 0) is 0 Å². The number of nitrogens with zero attached hydrogens (tertiary/aromatic N) is 2. The van der Waals surface area contributed by atoms with E-state index in [9.17, 15) is 0 Å². The number of anilines is 1. The molecule has 0 aliphatic rings. The van der Waals surface area contributed by atoms with Crippen molar-refractivity contribution in [2.45, 2.75) is 46.7 Å². The first-order valence-corrected chi connectivity index (χ1v) is 6.18. The molecule has 1 rings (SSSR count). The number of aromatic nitrogens is 1. The summed E-state index contributed by atoms with van der Waals surface area (Å²) in [6, 6.07) is 4.57. The zero-order chi connectivity index (χ0) is 13.2. The molecule has 3 nitrogen and oxygen atoms in total. The summed E-state index contributed by atoms with van der Waals surface area (Å²) in [5, 5.41) is 0. The van der Waals surface area contributed by atoms with E-state index in [1.54, 1.807) is 0 Å². The Hall–Kier alpha value is -1.09. The van der Waals surface area contributed by atoms with E-state index in [1.807, 2.05) is 19.2 Å². The summed E-state index contributed by atoms with van der Waals surface area (Å²) in [5.41, 5.74) is 7.12. The van der Waals surface area contributed by atoms with Crippen molar-refractivity contribution in [1.82, 2.24) is 4.98 Å². The van der Waals surface area contributed by atoms with Crippen LogP contribution < -0.4 is 10.6 Å². The first-order chi connectivity index (χ1) is 7.73. The lowest BCUT2D eigenvalue weighted by molar-refractivity contribution is 0.328. The van der Waals surface area contributed by atoms with Crippen LogP contribution in [0.4, 0.5) is 5.82 Å². The summed E-state index contributed by atoms with van der Waals surface area (Å²) >= 11 is 0. The molecule has 0 saturated carbocycles. The highest BCUT2D eigenvalue weighted by atomic mass is 15.2. The van der Waals surface area contributed by atoms with Gasteiger partial charge in [0.05, 0.1) is 0 Å². The van der Waals surface area contributed by atoms with Crippen molar-refractivity contribution in [3.05, 3.63) is 23.9 Å². The predicted octanol–water partition coefficient (Wildman–Crippen LogP) is 2.97. The monoisotopic (exact) mass is 235 g/mol. The molecule has 2 N–H and O–H groups in total. The van der Waals surface area contributed by atoms with Crippen molar-refractivity contribution in [2.75, 3.05) is 11.9 Å². The normalized spacial score (nSPS) is 15.5. The number of rotatable bonds is 3. The van der Waals surface area contributed by atoms with Gasteiger partial charge >= 0.3 is 0 Å². The van der Waals surface area contributed by atoms with Gasteiger partial charge in [0.2, 0.25) is 0 Å². The number of pyridine rings is 1. The van der Waals surface area contributed by atoms with Crippen molar-refractivity contribution in [1.29, 1.82) is 0 Å². The van der Waals surface area contributed by atoms with Crippen LogP contribution in [0, 0.1) is 5.41 Å². The van der Waals surface area contributed by atoms with E-state index in [1.165, 1.54) is 0 Å². The van der Waals surface area contributed by atoms with Crippen molar-refractivity contribution in [2.24, 2.45) is 11.1 Å². The van der Waals surface area contributed by atoms with E-state index in [-0.39, 0.29) is 11.5 Å². The van der Waals surface area contributed by atoms with Crippen LogP contribution in [0.2, 0.25) is 0 Å². The van der Waals surface area contributed by atoms with Crippen LogP contribution in [0.15, 0.2) is 18.3 Å². The van der Waals surface area contributed by atoms with Gasteiger partial charge in [0.25, 0.3) is 0 Å². The standard InChI is InChI=1S/C14H25N3/c1-10(15)12-7-8-13(16-9-12)17(6)11(2)14(3,4)5/h7-11H,15H2,1-6H3. The molecule has 2 atom stereocenters. The van der Waals surface area contributed by atoms with Crippen LogP contribution in [-0.4, -0.2) is 18.1 Å². The molecule has 96 valence electrons. The third kappa shape index (κ3) is 3.43. The molecule has 17 heavy (non-hydrogen) atoms. The van der Waals surface area contributed by atoms with E-state index < -0.39 is 0 Å². The maximum absolute atomic E-state index is 5.82. The molecule has 0 aromatic carbocycles. The van der Waals surface area contributed by atoms with Crippen LogP contribution >= 0.6 is 0 Å². The minimum absolute atomic E-state index is 0.0434. The SMILES string of the molecule is CC(N)c1ccc(N(C)C(C)C(C)(C)C)nc1. The Bertz CT molecular complexity index is 349. The average molecular weight is 235 g/mol. The van der Waals surface area contributed by atoms with Crippen LogP contribution in [0.5, 0.6) is 0 Å². The molecule has 2 unspecified atom stereocenters. The highest BCUT2D eigenvalue weighted by Crippen LogP contribution is 2.26. The highest BCUT2D eigenvalue weighted by Gasteiger charge is 2.24. The van der Waals surface area contributed by atoms with Gasteiger partial charge in [-0.05, 0) is 30.9 Å². The zero-order valence-corrected chi connectivity index (χ0v) is 11.9. The first kappa shape index (κ1) is 14.0. The van der Waals surface area contributed by atoms with Crippen LogP contribution in [0.1, 0.15) is 46.2 Å². The van der Waals surface area contributed by atoms with E-state index in [0.29, 0.717) is 6.04 Å². The lowest BCUT2D eigenvalue weighted by atomic mass is 9.87. The van der Waals surface area contributed by atoms with Gasteiger partial charge in [-0.15, -0.1) is 0 Å². The molecule has 0 saturated heterocycles. The quantitative estimate of drug-likeness (QED) is 0.875. The van der Waals surface area contributed by atoms with Gasteiger partial charge < -0.3 is 10.6 Å². The number of hydrogen-bond donors (Lipinski definition) is 1. The maximum Gasteiger partial charge on any atom is 0.128 e. The third-order valence-corrected chi connectivity index (χ3v) is 3.49. The predicted molar refractivity (Wildman–Crippen MR) is 74.2 cm³/mol. The van der Waals surface area contributed by atoms with Gasteiger partial charge in [0, 0.05) is 25.3 Å². The molecule has 1 aromatic rings. The van der Waals surface area contributed by atoms with Gasteiger partial charge in [0.15, 0.2) is 0 Å². The molecule has 0 radical (unpaired) electrons. The van der Waals surface area contributed by atoms with E-state index in [4.69, 9.17) is 5.73 Å². The summed E-state index contributed by atoms with van der Waals surface area (Å²) in [5.74, 6) is 0.997. The Morgan fingerprint density at radius 1 is 1.24 bits per heavy atom. The fourth-order valence-corrected chi connectivity index (χ4v) is 1.65. The van der Waals surface area contributed by atoms with Crippen molar-refractivity contribution in [3.63, 3.8) is 0 Å². The van der Waals surface area contributed by atoms with Gasteiger partial charge in [-0.3, -0.25) is 0 Å². The van der Waals surface area contributed by atoms with E-state index in [0.717, 1.165) is 11.4 Å². The number of hydrogen-bond acceptors (Lipinski definition) is 3.